The molecule has 2 aliphatic carbocycles. The molecule has 0 unspecified atom stereocenters. The number of nitrogens with zero attached hydrogens (tertiary/aromatic N) is 2. The minimum atomic E-state index is 0.350. The summed E-state index contributed by atoms with van der Waals surface area (Å²) in [5.41, 5.74) is 16.5. The molecular formula is C28H29BN2. The smallest absolute Gasteiger partial charge is 0.252 e. The van der Waals surface area contributed by atoms with E-state index in [-0.39, 0.29) is 0 Å². The van der Waals surface area contributed by atoms with Gasteiger partial charge in [-0.3, -0.25) is 0 Å². The molecular weight excluding hydrogens is 375 g/mol. The van der Waals surface area contributed by atoms with Gasteiger partial charge in [0.05, 0.1) is 0 Å². The molecule has 3 heteroatoms. The van der Waals surface area contributed by atoms with E-state index in [1.807, 2.05) is 0 Å². The molecule has 7 rings (SSSR count). The van der Waals surface area contributed by atoms with Gasteiger partial charge in [-0.05, 0) is 114 Å². The van der Waals surface area contributed by atoms with Gasteiger partial charge in [-0.15, -0.1) is 0 Å². The van der Waals surface area contributed by atoms with Crippen LogP contribution in [0.2, 0.25) is 0 Å². The number of fused-ring (bicyclic) bond motifs is 6. The Morgan fingerprint density at radius 1 is 0.581 bits per heavy atom. The van der Waals surface area contributed by atoms with Gasteiger partial charge in [-0.1, -0.05) is 18.2 Å². The molecule has 0 radical (unpaired) electrons. The van der Waals surface area contributed by atoms with Crippen molar-refractivity contribution in [2.45, 2.75) is 51.4 Å². The minimum absolute atomic E-state index is 0.350. The molecule has 0 aromatic heterocycles. The molecule has 3 aromatic carbocycles. The molecule has 154 valence electrons. The van der Waals surface area contributed by atoms with Crippen LogP contribution in [0.5, 0.6) is 0 Å². The Kier molecular flexibility index (Phi) is 3.72. The molecule has 31 heavy (non-hydrogen) atoms. The lowest BCUT2D eigenvalue weighted by Crippen LogP contribution is -2.62. The molecule has 0 amide bonds. The third-order valence-corrected chi connectivity index (χ3v) is 8.40. The van der Waals surface area contributed by atoms with E-state index in [1.165, 1.54) is 90.5 Å². The van der Waals surface area contributed by atoms with Crippen LogP contribution in [0.25, 0.3) is 0 Å². The van der Waals surface area contributed by atoms with Crippen molar-refractivity contribution < 1.29 is 0 Å². The van der Waals surface area contributed by atoms with Crippen LogP contribution in [0, 0.1) is 0 Å². The van der Waals surface area contributed by atoms with Crippen molar-refractivity contribution >= 4 is 45.9 Å². The van der Waals surface area contributed by atoms with Gasteiger partial charge in [-0.25, -0.2) is 0 Å². The van der Waals surface area contributed by atoms with Gasteiger partial charge >= 0.3 is 0 Å². The zero-order valence-electron chi connectivity index (χ0n) is 18.7. The van der Waals surface area contributed by atoms with Crippen molar-refractivity contribution in [2.75, 3.05) is 23.9 Å². The molecule has 2 nitrogen and oxygen atoms in total. The molecule has 0 fully saturated rings. The van der Waals surface area contributed by atoms with Crippen LogP contribution in [0.1, 0.15) is 47.9 Å². The number of benzene rings is 3. The fourth-order valence-electron chi connectivity index (χ4n) is 6.79. The second kappa shape index (κ2) is 6.42. The highest BCUT2D eigenvalue weighted by molar-refractivity contribution is 7.00. The van der Waals surface area contributed by atoms with Gasteiger partial charge in [0.25, 0.3) is 6.71 Å². The van der Waals surface area contributed by atoms with Gasteiger partial charge < -0.3 is 9.80 Å². The summed E-state index contributed by atoms with van der Waals surface area (Å²) in [6.45, 7) is 0.350. The molecule has 0 saturated heterocycles. The van der Waals surface area contributed by atoms with E-state index in [0.717, 1.165) is 0 Å². The van der Waals surface area contributed by atoms with Crippen LogP contribution in [-0.2, 0) is 25.7 Å². The second-order valence-electron chi connectivity index (χ2n) is 10.0. The predicted octanol–water partition coefficient (Wildman–Crippen LogP) is 4.12. The van der Waals surface area contributed by atoms with E-state index in [4.69, 9.17) is 0 Å². The fraction of sp³-hybridized carbons (Fsp3) is 0.357. The number of hydrogen-bond acceptors (Lipinski definition) is 2. The number of rotatable bonds is 0. The predicted molar refractivity (Wildman–Crippen MR) is 133 cm³/mol. The molecule has 4 aliphatic rings. The lowest BCUT2D eigenvalue weighted by atomic mass is 9.33. The summed E-state index contributed by atoms with van der Waals surface area (Å²) in [6.07, 6.45) is 10.3. The van der Waals surface area contributed by atoms with Crippen LogP contribution in [-0.4, -0.2) is 20.8 Å². The summed E-state index contributed by atoms with van der Waals surface area (Å²) in [7, 11) is 4.53. The average molecular weight is 404 g/mol. The van der Waals surface area contributed by atoms with Crippen LogP contribution in [0.3, 0.4) is 0 Å². The molecule has 0 saturated carbocycles. The first-order valence-corrected chi connectivity index (χ1v) is 12.1. The highest BCUT2D eigenvalue weighted by atomic mass is 15.1. The fourth-order valence-corrected chi connectivity index (χ4v) is 6.79. The average Bonchev–Trinajstić information content (AvgIpc) is 2.81. The van der Waals surface area contributed by atoms with Gasteiger partial charge in [0.15, 0.2) is 0 Å². The maximum Gasteiger partial charge on any atom is 0.252 e. The molecule has 0 bridgehead atoms. The molecule has 2 heterocycles. The highest BCUT2D eigenvalue weighted by Crippen LogP contribution is 2.38. The van der Waals surface area contributed by atoms with E-state index in [1.54, 1.807) is 22.3 Å². The number of aryl methyl sites for hydroxylation is 4. The first-order chi connectivity index (χ1) is 15.2. The van der Waals surface area contributed by atoms with Crippen molar-refractivity contribution in [2.24, 2.45) is 0 Å². The normalized spacial score (nSPS) is 18.1. The third kappa shape index (κ3) is 2.41. The van der Waals surface area contributed by atoms with Crippen molar-refractivity contribution in [3.63, 3.8) is 0 Å². The topological polar surface area (TPSA) is 6.48 Å². The van der Waals surface area contributed by atoms with E-state index >= 15 is 0 Å². The van der Waals surface area contributed by atoms with Gasteiger partial charge in [0, 0.05) is 36.8 Å². The summed E-state index contributed by atoms with van der Waals surface area (Å²) < 4.78 is 0. The molecule has 0 N–H and O–H groups in total. The van der Waals surface area contributed by atoms with Crippen LogP contribution < -0.4 is 26.2 Å². The number of anilines is 4. The Bertz CT molecular complexity index is 1150. The van der Waals surface area contributed by atoms with Gasteiger partial charge in [0.2, 0.25) is 0 Å². The van der Waals surface area contributed by atoms with Crippen molar-refractivity contribution in [3.05, 3.63) is 64.7 Å². The first kappa shape index (κ1) is 18.0. The largest absolute Gasteiger partial charge is 0.345 e. The van der Waals surface area contributed by atoms with Crippen molar-refractivity contribution in [3.8, 4) is 0 Å². The zero-order chi connectivity index (χ0) is 20.7. The van der Waals surface area contributed by atoms with Crippen LogP contribution in [0.15, 0.2) is 42.5 Å². The SMILES string of the molecule is CN1c2cc3c(cc2B2c4cc5c(cc4N(C)c4cccc1c42)CCCC5)CCCC3. The Hall–Kier alpha value is -2.68. The Labute approximate surface area is 186 Å². The van der Waals surface area contributed by atoms with E-state index in [2.05, 4.69) is 66.4 Å². The molecule has 3 aromatic rings. The summed E-state index contributed by atoms with van der Waals surface area (Å²) in [5.74, 6) is 0. The Morgan fingerprint density at radius 2 is 1.00 bits per heavy atom. The molecule has 0 spiro atoms. The summed E-state index contributed by atoms with van der Waals surface area (Å²) in [6, 6.07) is 17.1. The monoisotopic (exact) mass is 404 g/mol. The van der Waals surface area contributed by atoms with E-state index < -0.39 is 0 Å². The number of hydrogen-bond donors (Lipinski definition) is 0. The molecule has 0 atom stereocenters. The zero-order valence-corrected chi connectivity index (χ0v) is 18.7. The van der Waals surface area contributed by atoms with Crippen LogP contribution >= 0.6 is 0 Å². The van der Waals surface area contributed by atoms with E-state index in [0.29, 0.717) is 6.71 Å². The van der Waals surface area contributed by atoms with E-state index in [9.17, 15) is 0 Å². The molecule has 2 aliphatic heterocycles. The van der Waals surface area contributed by atoms with Crippen molar-refractivity contribution in [1.29, 1.82) is 0 Å². The maximum absolute atomic E-state index is 2.58. The maximum atomic E-state index is 2.58. The summed E-state index contributed by atoms with van der Waals surface area (Å²) in [5, 5.41) is 0. The van der Waals surface area contributed by atoms with Gasteiger partial charge in [0.1, 0.15) is 0 Å². The standard InChI is InChI=1S/C28H29BN2/c1-30-24-12-7-13-25-28(24)29(22-14-18-8-3-5-10-20(18)16-26(22)30)23-15-19-9-4-6-11-21(19)17-27(23)31(25)2/h7,12-17H,3-6,8-11H2,1-2H3. The van der Waals surface area contributed by atoms with Crippen LogP contribution in [0.4, 0.5) is 22.7 Å². The summed E-state index contributed by atoms with van der Waals surface area (Å²) in [4.78, 5) is 4.91. The Morgan fingerprint density at radius 3 is 1.45 bits per heavy atom. The highest BCUT2D eigenvalue weighted by Gasteiger charge is 2.41. The van der Waals surface area contributed by atoms with Crippen molar-refractivity contribution in [1.82, 2.24) is 0 Å². The third-order valence-electron chi connectivity index (χ3n) is 8.40. The lowest BCUT2D eigenvalue weighted by molar-refractivity contribution is 0.686. The summed E-state index contributed by atoms with van der Waals surface area (Å²) >= 11 is 0. The lowest BCUT2D eigenvalue weighted by Gasteiger charge is -2.43. The quantitative estimate of drug-likeness (QED) is 0.520. The first-order valence-electron chi connectivity index (χ1n) is 12.1. The second-order valence-corrected chi connectivity index (χ2v) is 10.0. The van der Waals surface area contributed by atoms with Gasteiger partial charge in [-0.2, -0.15) is 0 Å². The Balaban J connectivity index is 1.54. The minimum Gasteiger partial charge on any atom is -0.345 e.